The fourth-order valence-corrected chi connectivity index (χ4v) is 2.57. The fraction of sp³-hybridized carbons (Fsp3) is 0.211. The topological polar surface area (TPSA) is 89.2 Å². The smallest absolute Gasteiger partial charge is 0.291 e. The first kappa shape index (κ1) is 17.5. The lowest BCUT2D eigenvalue weighted by Gasteiger charge is -2.15. The molecule has 3 rings (SSSR count). The highest BCUT2D eigenvalue weighted by atomic mass is 16.3. The molecule has 0 aliphatic rings. The number of rotatable bonds is 6. The van der Waals surface area contributed by atoms with Crippen LogP contribution in [0.25, 0.3) is 0 Å². The molecule has 2 heterocycles. The van der Waals surface area contributed by atoms with Crippen LogP contribution in [0.2, 0.25) is 0 Å². The summed E-state index contributed by atoms with van der Waals surface area (Å²) in [5.41, 5.74) is 1.26. The second-order valence-corrected chi connectivity index (χ2v) is 5.84. The van der Waals surface area contributed by atoms with Gasteiger partial charge in [-0.3, -0.25) is 14.3 Å². The van der Waals surface area contributed by atoms with Crippen molar-refractivity contribution in [1.82, 2.24) is 9.78 Å². The summed E-state index contributed by atoms with van der Waals surface area (Å²) in [6, 6.07) is 11.7. The molecule has 2 aromatic heterocycles. The summed E-state index contributed by atoms with van der Waals surface area (Å²) in [7, 11) is 0. The molecular formula is C19H20N4O3. The van der Waals surface area contributed by atoms with Crippen molar-refractivity contribution in [1.29, 1.82) is 0 Å². The van der Waals surface area contributed by atoms with Crippen LogP contribution in [0, 0.1) is 6.92 Å². The molecule has 134 valence electrons. The molecule has 0 spiro atoms. The van der Waals surface area contributed by atoms with Gasteiger partial charge >= 0.3 is 0 Å². The zero-order chi connectivity index (χ0) is 18.5. The number of benzene rings is 1. The van der Waals surface area contributed by atoms with Gasteiger partial charge in [-0.15, -0.1) is 0 Å². The third-order valence-corrected chi connectivity index (χ3v) is 3.91. The van der Waals surface area contributed by atoms with Crippen LogP contribution in [0.4, 0.5) is 11.4 Å². The molecule has 0 saturated carbocycles. The second kappa shape index (κ2) is 7.69. The molecule has 3 aromatic rings. The molecule has 0 aliphatic carbocycles. The minimum Gasteiger partial charge on any atom is -0.456 e. The lowest BCUT2D eigenvalue weighted by Crippen LogP contribution is -2.25. The first-order valence-corrected chi connectivity index (χ1v) is 8.34. The van der Waals surface area contributed by atoms with Gasteiger partial charge in [0, 0.05) is 23.8 Å². The third-order valence-electron chi connectivity index (χ3n) is 3.91. The number of anilines is 2. The Morgan fingerprint density at radius 1 is 1.12 bits per heavy atom. The monoisotopic (exact) mass is 352 g/mol. The Hall–Kier alpha value is -3.35. The summed E-state index contributed by atoms with van der Waals surface area (Å²) in [6.45, 7) is 3.71. The van der Waals surface area contributed by atoms with E-state index in [-0.39, 0.29) is 23.6 Å². The van der Waals surface area contributed by atoms with Crippen LogP contribution in [0.1, 0.15) is 35.7 Å². The SMILES string of the molecule is CC[C@@H](C(=O)Nc1ccc(NC(=O)c2ccc(C)o2)cc1)n1cccn1. The lowest BCUT2D eigenvalue weighted by molar-refractivity contribution is -0.119. The van der Waals surface area contributed by atoms with Crippen LogP contribution in [0.15, 0.2) is 59.3 Å². The number of hydrogen-bond acceptors (Lipinski definition) is 4. The van der Waals surface area contributed by atoms with E-state index in [0.717, 1.165) is 0 Å². The van der Waals surface area contributed by atoms with Crippen molar-refractivity contribution < 1.29 is 14.0 Å². The number of carbonyl (C=O) groups is 2. The van der Waals surface area contributed by atoms with E-state index in [2.05, 4.69) is 15.7 Å². The number of nitrogens with one attached hydrogen (secondary N) is 2. The van der Waals surface area contributed by atoms with Gasteiger partial charge in [0.2, 0.25) is 5.91 Å². The quantitative estimate of drug-likeness (QED) is 0.709. The average Bonchev–Trinajstić information content (AvgIpc) is 3.29. The summed E-state index contributed by atoms with van der Waals surface area (Å²) < 4.78 is 6.92. The van der Waals surface area contributed by atoms with E-state index in [4.69, 9.17) is 4.42 Å². The van der Waals surface area contributed by atoms with Crippen LogP contribution >= 0.6 is 0 Å². The Morgan fingerprint density at radius 2 is 1.81 bits per heavy atom. The predicted octanol–water partition coefficient (Wildman–Crippen LogP) is 3.63. The van der Waals surface area contributed by atoms with Crippen LogP contribution in [-0.4, -0.2) is 21.6 Å². The molecule has 2 N–H and O–H groups in total. The van der Waals surface area contributed by atoms with Crippen molar-refractivity contribution in [3.63, 3.8) is 0 Å². The Bertz CT molecular complexity index is 882. The third kappa shape index (κ3) is 4.00. The van der Waals surface area contributed by atoms with E-state index < -0.39 is 0 Å². The van der Waals surface area contributed by atoms with Gasteiger partial charge in [-0.25, -0.2) is 0 Å². The van der Waals surface area contributed by atoms with E-state index in [9.17, 15) is 9.59 Å². The number of carbonyl (C=O) groups excluding carboxylic acids is 2. The summed E-state index contributed by atoms with van der Waals surface area (Å²) >= 11 is 0. The van der Waals surface area contributed by atoms with Crippen LogP contribution in [0.3, 0.4) is 0 Å². The summed E-state index contributed by atoms with van der Waals surface area (Å²) in [5, 5.41) is 9.74. The van der Waals surface area contributed by atoms with E-state index in [1.807, 2.05) is 6.92 Å². The normalized spacial score (nSPS) is 11.8. The number of hydrogen-bond donors (Lipinski definition) is 2. The van der Waals surface area contributed by atoms with Crippen molar-refractivity contribution in [2.45, 2.75) is 26.3 Å². The zero-order valence-corrected chi connectivity index (χ0v) is 14.6. The number of aryl methyl sites for hydroxylation is 1. The van der Waals surface area contributed by atoms with Gasteiger partial charge in [0.05, 0.1) is 0 Å². The van der Waals surface area contributed by atoms with E-state index in [0.29, 0.717) is 23.6 Å². The Labute approximate surface area is 151 Å². The molecule has 0 bridgehead atoms. The van der Waals surface area contributed by atoms with Gasteiger partial charge in [-0.2, -0.15) is 5.10 Å². The minimum absolute atomic E-state index is 0.140. The molecule has 0 saturated heterocycles. The molecule has 0 unspecified atom stereocenters. The molecule has 2 amide bonds. The van der Waals surface area contributed by atoms with Gasteiger partial charge in [-0.05, 0) is 55.8 Å². The van der Waals surface area contributed by atoms with E-state index >= 15 is 0 Å². The first-order valence-electron chi connectivity index (χ1n) is 8.34. The molecule has 1 aromatic carbocycles. The molecule has 7 heteroatoms. The Kier molecular flexibility index (Phi) is 5.17. The fourth-order valence-electron chi connectivity index (χ4n) is 2.57. The Morgan fingerprint density at radius 3 is 2.35 bits per heavy atom. The van der Waals surface area contributed by atoms with Gasteiger partial charge < -0.3 is 15.1 Å². The Balaban J connectivity index is 1.62. The molecule has 7 nitrogen and oxygen atoms in total. The number of nitrogens with zero attached hydrogens (tertiary/aromatic N) is 2. The highest BCUT2D eigenvalue weighted by Gasteiger charge is 2.18. The maximum Gasteiger partial charge on any atom is 0.291 e. The second-order valence-electron chi connectivity index (χ2n) is 5.84. The molecule has 0 aliphatic heterocycles. The van der Waals surface area contributed by atoms with E-state index in [1.54, 1.807) is 66.5 Å². The molecule has 0 radical (unpaired) electrons. The summed E-state index contributed by atoms with van der Waals surface area (Å²) in [5.74, 6) is 0.472. The highest BCUT2D eigenvalue weighted by Crippen LogP contribution is 2.18. The zero-order valence-electron chi connectivity index (χ0n) is 14.6. The van der Waals surface area contributed by atoms with Crippen molar-refractivity contribution in [2.75, 3.05) is 10.6 Å². The lowest BCUT2D eigenvalue weighted by atomic mass is 10.2. The standard InChI is InChI=1S/C19H20N4O3/c1-3-16(23-12-4-11-20-23)18(24)21-14-6-8-15(9-7-14)22-19(25)17-10-5-13(2)26-17/h4-12,16H,3H2,1-2H3,(H,21,24)(H,22,25)/t16-/m0/s1. The summed E-state index contributed by atoms with van der Waals surface area (Å²) in [6.07, 6.45) is 4.04. The average molecular weight is 352 g/mol. The van der Waals surface area contributed by atoms with Gasteiger partial charge in [0.25, 0.3) is 5.91 Å². The predicted molar refractivity (Wildman–Crippen MR) is 98.0 cm³/mol. The molecule has 26 heavy (non-hydrogen) atoms. The molecular weight excluding hydrogens is 332 g/mol. The number of amides is 2. The van der Waals surface area contributed by atoms with Crippen molar-refractivity contribution >= 4 is 23.2 Å². The number of aromatic nitrogens is 2. The van der Waals surface area contributed by atoms with Crippen molar-refractivity contribution in [2.24, 2.45) is 0 Å². The van der Waals surface area contributed by atoms with Crippen molar-refractivity contribution in [3.8, 4) is 0 Å². The first-order chi connectivity index (χ1) is 12.6. The van der Waals surface area contributed by atoms with Gasteiger partial charge in [-0.1, -0.05) is 6.92 Å². The maximum absolute atomic E-state index is 12.4. The van der Waals surface area contributed by atoms with Gasteiger partial charge in [0.15, 0.2) is 5.76 Å². The summed E-state index contributed by atoms with van der Waals surface area (Å²) in [4.78, 5) is 24.5. The van der Waals surface area contributed by atoms with Gasteiger partial charge in [0.1, 0.15) is 11.8 Å². The highest BCUT2D eigenvalue weighted by molar-refractivity contribution is 6.02. The minimum atomic E-state index is -0.369. The number of furan rings is 1. The van der Waals surface area contributed by atoms with Crippen LogP contribution in [0.5, 0.6) is 0 Å². The molecule has 0 fully saturated rings. The maximum atomic E-state index is 12.4. The van der Waals surface area contributed by atoms with Crippen LogP contribution < -0.4 is 10.6 Å². The van der Waals surface area contributed by atoms with Crippen molar-refractivity contribution in [3.05, 3.63) is 66.4 Å². The largest absolute Gasteiger partial charge is 0.456 e. The van der Waals surface area contributed by atoms with Crippen LogP contribution in [-0.2, 0) is 4.79 Å². The molecule has 1 atom stereocenters. The van der Waals surface area contributed by atoms with E-state index in [1.165, 1.54) is 0 Å².